The van der Waals surface area contributed by atoms with Crippen LogP contribution in [0.25, 0.3) is 0 Å². The van der Waals surface area contributed by atoms with Crippen molar-refractivity contribution in [2.75, 3.05) is 13.2 Å². The maximum atomic E-state index is 12.3. The molecule has 22 heavy (non-hydrogen) atoms. The fraction of sp³-hybridized carbons (Fsp3) is 0.412. The first kappa shape index (κ1) is 18.7. The predicted molar refractivity (Wildman–Crippen MR) is 87.0 cm³/mol. The van der Waals surface area contributed by atoms with Crippen LogP contribution in [0.5, 0.6) is 0 Å². The van der Waals surface area contributed by atoms with Gasteiger partial charge in [0.15, 0.2) is 0 Å². The molecule has 4 nitrogen and oxygen atoms in total. The van der Waals surface area contributed by atoms with Crippen LogP contribution >= 0.6 is 0 Å². The van der Waals surface area contributed by atoms with Crippen LogP contribution in [0.15, 0.2) is 39.5 Å². The molecule has 0 aliphatic carbocycles. The Balaban J connectivity index is 3.27. The molecule has 1 aromatic carbocycles. The van der Waals surface area contributed by atoms with E-state index in [4.69, 9.17) is 9.47 Å². The molecule has 0 aliphatic rings. The fourth-order valence-electron chi connectivity index (χ4n) is 1.81. The summed E-state index contributed by atoms with van der Waals surface area (Å²) < 4.78 is 11.9. The van der Waals surface area contributed by atoms with Crippen LogP contribution in [-0.4, -0.2) is 46.1 Å². The third-order valence-electron chi connectivity index (χ3n) is 2.74. The number of carbonyl (C=O) groups is 2. The molecule has 0 unspecified atom stereocenters. The van der Waals surface area contributed by atoms with Gasteiger partial charge in [-0.2, -0.15) is 0 Å². The minimum atomic E-state index is -1.02. The van der Waals surface area contributed by atoms with E-state index in [0.717, 1.165) is 3.61 Å². The summed E-state index contributed by atoms with van der Waals surface area (Å²) in [4.78, 5) is 24.6. The monoisotopic (exact) mass is 420 g/mol. The van der Waals surface area contributed by atoms with E-state index in [1.54, 1.807) is 13.8 Å². The topological polar surface area (TPSA) is 52.6 Å². The van der Waals surface area contributed by atoms with Gasteiger partial charge in [0.05, 0.1) is 0 Å². The molecule has 0 atom stereocenters. The van der Waals surface area contributed by atoms with Gasteiger partial charge in [0, 0.05) is 0 Å². The summed E-state index contributed by atoms with van der Waals surface area (Å²) in [5.41, 5.74) is 0.451. The van der Waals surface area contributed by atoms with E-state index in [1.807, 2.05) is 44.2 Å². The number of benzene rings is 1. The first-order chi connectivity index (χ1) is 10.5. The molecule has 0 radical (unpaired) electrons. The standard InChI is InChI=1S/C17H22O4Te/c1-5-20-16(18)14(12(3)4)15(17(19)21-6-2)22-13-10-8-7-9-11-13/h7-12H,5-6H2,1-4H3/b15-14-. The van der Waals surface area contributed by atoms with Crippen molar-refractivity contribution in [1.29, 1.82) is 0 Å². The van der Waals surface area contributed by atoms with Gasteiger partial charge in [0.1, 0.15) is 0 Å². The van der Waals surface area contributed by atoms with E-state index >= 15 is 0 Å². The Morgan fingerprint density at radius 2 is 1.55 bits per heavy atom. The molecule has 1 aromatic rings. The maximum absolute atomic E-state index is 12.3. The van der Waals surface area contributed by atoms with Gasteiger partial charge in [-0.25, -0.2) is 0 Å². The van der Waals surface area contributed by atoms with E-state index in [9.17, 15) is 9.59 Å². The van der Waals surface area contributed by atoms with Gasteiger partial charge in [-0.05, 0) is 0 Å². The van der Waals surface area contributed by atoms with Gasteiger partial charge in [-0.3, -0.25) is 0 Å². The molecule has 0 aromatic heterocycles. The van der Waals surface area contributed by atoms with E-state index in [2.05, 4.69) is 0 Å². The number of ether oxygens (including phenoxy) is 2. The zero-order chi connectivity index (χ0) is 16.5. The second-order valence-electron chi connectivity index (χ2n) is 4.75. The molecule has 0 fully saturated rings. The Morgan fingerprint density at radius 3 is 2.05 bits per heavy atom. The average Bonchev–Trinajstić information content (AvgIpc) is 2.47. The Labute approximate surface area is 142 Å². The average molecular weight is 418 g/mol. The summed E-state index contributed by atoms with van der Waals surface area (Å²) in [6.45, 7) is 7.88. The fourth-order valence-corrected chi connectivity index (χ4v) is 4.95. The van der Waals surface area contributed by atoms with E-state index in [-0.39, 0.29) is 19.1 Å². The molecule has 0 aliphatic heterocycles. The Hall–Kier alpha value is -1.31. The van der Waals surface area contributed by atoms with Crippen LogP contribution < -0.4 is 3.61 Å². The second kappa shape index (κ2) is 9.66. The van der Waals surface area contributed by atoms with Gasteiger partial charge < -0.3 is 0 Å². The van der Waals surface area contributed by atoms with Crippen LogP contribution in [-0.2, 0) is 19.1 Å². The quantitative estimate of drug-likeness (QED) is 0.387. The zero-order valence-electron chi connectivity index (χ0n) is 13.4. The number of hydrogen-bond acceptors (Lipinski definition) is 4. The minimum absolute atomic E-state index is 0.0905. The molecule has 0 spiro atoms. The van der Waals surface area contributed by atoms with E-state index in [0.29, 0.717) is 9.19 Å². The summed E-state index contributed by atoms with van der Waals surface area (Å²) in [6.07, 6.45) is 0. The summed E-state index contributed by atoms with van der Waals surface area (Å²) in [5.74, 6) is -0.903. The van der Waals surface area contributed by atoms with Gasteiger partial charge in [-0.15, -0.1) is 0 Å². The summed E-state index contributed by atoms with van der Waals surface area (Å²) >= 11 is -1.02. The molecule has 0 heterocycles. The summed E-state index contributed by atoms with van der Waals surface area (Å²) in [5, 5.41) is 0. The van der Waals surface area contributed by atoms with Crippen molar-refractivity contribution < 1.29 is 19.1 Å². The van der Waals surface area contributed by atoms with E-state index in [1.165, 1.54) is 0 Å². The van der Waals surface area contributed by atoms with Crippen molar-refractivity contribution in [2.45, 2.75) is 27.7 Å². The molecular weight excluding hydrogens is 396 g/mol. The van der Waals surface area contributed by atoms with Crippen molar-refractivity contribution >= 4 is 36.5 Å². The van der Waals surface area contributed by atoms with Crippen LogP contribution in [0.1, 0.15) is 27.7 Å². The Morgan fingerprint density at radius 1 is 1.00 bits per heavy atom. The number of esters is 2. The molecule has 0 amide bonds. The third-order valence-corrected chi connectivity index (χ3v) is 5.88. The van der Waals surface area contributed by atoms with Gasteiger partial charge >= 0.3 is 142 Å². The van der Waals surface area contributed by atoms with Gasteiger partial charge in [0.25, 0.3) is 0 Å². The molecular formula is C17H22O4Te. The molecule has 0 saturated carbocycles. The second-order valence-corrected chi connectivity index (χ2v) is 7.85. The summed E-state index contributed by atoms with van der Waals surface area (Å²) in [7, 11) is 0. The Kier molecular flexibility index (Phi) is 8.22. The molecule has 120 valence electrons. The molecule has 0 N–H and O–H groups in total. The van der Waals surface area contributed by atoms with Crippen LogP contribution in [0.2, 0.25) is 0 Å². The van der Waals surface area contributed by atoms with Crippen LogP contribution in [0, 0.1) is 5.92 Å². The van der Waals surface area contributed by atoms with Crippen LogP contribution in [0.4, 0.5) is 0 Å². The van der Waals surface area contributed by atoms with Crippen molar-refractivity contribution in [2.24, 2.45) is 5.92 Å². The van der Waals surface area contributed by atoms with Crippen molar-refractivity contribution in [3.05, 3.63) is 39.5 Å². The van der Waals surface area contributed by atoms with Gasteiger partial charge in [-0.1, -0.05) is 0 Å². The number of rotatable bonds is 7. The third kappa shape index (κ3) is 5.47. The van der Waals surface area contributed by atoms with Crippen molar-refractivity contribution in [3.8, 4) is 0 Å². The van der Waals surface area contributed by atoms with E-state index < -0.39 is 32.9 Å². The van der Waals surface area contributed by atoms with Crippen LogP contribution in [0.3, 0.4) is 0 Å². The zero-order valence-corrected chi connectivity index (χ0v) is 15.7. The number of carbonyl (C=O) groups excluding carboxylic acids is 2. The first-order valence-electron chi connectivity index (χ1n) is 7.32. The van der Waals surface area contributed by atoms with Crippen molar-refractivity contribution in [1.82, 2.24) is 0 Å². The predicted octanol–water partition coefficient (Wildman–Crippen LogP) is 2.05. The normalized spacial score (nSPS) is 11.9. The molecule has 0 bridgehead atoms. The molecule has 0 saturated heterocycles. The van der Waals surface area contributed by atoms with Crippen molar-refractivity contribution in [3.63, 3.8) is 0 Å². The summed E-state index contributed by atoms with van der Waals surface area (Å²) in [6, 6.07) is 9.75. The Bertz CT molecular complexity index is 535. The molecule has 5 heteroatoms. The number of hydrogen-bond donors (Lipinski definition) is 0. The first-order valence-corrected chi connectivity index (χ1v) is 9.65. The SMILES string of the molecule is CCOC(=O)/C([Te]c1ccccc1)=C(/C(=O)OCC)C(C)C. The molecule has 1 rings (SSSR count). The van der Waals surface area contributed by atoms with Gasteiger partial charge in [0.2, 0.25) is 0 Å².